The number of hydrogen-bond donors (Lipinski definition) is 2. The monoisotopic (exact) mass is 683 g/mol. The predicted octanol–water partition coefficient (Wildman–Crippen LogP) is 10.5. The van der Waals surface area contributed by atoms with Crippen LogP contribution in [0.1, 0.15) is 149 Å². The summed E-state index contributed by atoms with van der Waals surface area (Å²) in [6, 6.07) is 0. The lowest BCUT2D eigenvalue weighted by molar-refractivity contribution is -0.154. The highest BCUT2D eigenvalue weighted by molar-refractivity contribution is 7.47. The molecule has 3 N–H and O–H groups in total. The molecule has 2 atom stereocenters. The number of carbonyl (C=O) groups is 1. The Kier molecular flexibility index (Phi) is 34.6. The number of phosphoric ester groups is 1. The zero-order chi connectivity index (χ0) is 34.5. The van der Waals surface area contributed by atoms with Crippen molar-refractivity contribution >= 4 is 13.8 Å². The number of allylic oxidation sites excluding steroid dienone is 8. The average molecular weight is 684 g/mol. The molecule has 0 saturated carbocycles. The van der Waals surface area contributed by atoms with E-state index in [2.05, 4.69) is 62.5 Å². The van der Waals surface area contributed by atoms with Crippen LogP contribution in [0.4, 0.5) is 0 Å². The Bertz CT molecular complexity index is 859. The molecular weight excluding hydrogens is 613 g/mol. The largest absolute Gasteiger partial charge is 0.472 e. The van der Waals surface area contributed by atoms with Gasteiger partial charge in [0.2, 0.25) is 0 Å². The number of hydrogen-bond acceptors (Lipinski definition) is 7. The molecule has 0 amide bonds. The number of carbonyl (C=O) groups excluding carboxylic acids is 1. The maximum Gasteiger partial charge on any atom is 0.472 e. The molecule has 8 nitrogen and oxygen atoms in total. The molecule has 0 spiro atoms. The topological polar surface area (TPSA) is 117 Å². The van der Waals surface area contributed by atoms with Crippen LogP contribution < -0.4 is 5.73 Å². The van der Waals surface area contributed by atoms with Crippen LogP contribution in [-0.4, -0.2) is 49.9 Å². The van der Waals surface area contributed by atoms with Crippen LogP contribution in [0.5, 0.6) is 0 Å². The van der Waals surface area contributed by atoms with Gasteiger partial charge in [0.15, 0.2) is 0 Å². The first-order valence-corrected chi connectivity index (χ1v) is 20.1. The molecule has 2 unspecified atom stereocenters. The molecule has 0 fully saturated rings. The highest BCUT2D eigenvalue weighted by Gasteiger charge is 2.25. The lowest BCUT2D eigenvalue weighted by atomic mass is 10.1. The van der Waals surface area contributed by atoms with Crippen molar-refractivity contribution in [3.8, 4) is 0 Å². The average Bonchev–Trinajstić information content (AvgIpc) is 3.06. The van der Waals surface area contributed by atoms with E-state index in [0.29, 0.717) is 13.0 Å². The molecule has 0 rings (SSSR count). The maximum absolute atomic E-state index is 12.5. The molecule has 0 aliphatic carbocycles. The Hall–Kier alpha value is -1.54. The van der Waals surface area contributed by atoms with Crippen molar-refractivity contribution in [2.75, 3.05) is 33.0 Å². The van der Waals surface area contributed by atoms with Crippen molar-refractivity contribution in [3.05, 3.63) is 48.6 Å². The Morgan fingerprint density at radius 2 is 1.19 bits per heavy atom. The van der Waals surface area contributed by atoms with E-state index in [1.54, 1.807) is 0 Å². The van der Waals surface area contributed by atoms with E-state index in [1.807, 2.05) is 0 Å². The molecule has 0 saturated heterocycles. The quantitative estimate of drug-likeness (QED) is 0.0293. The predicted molar refractivity (Wildman–Crippen MR) is 196 cm³/mol. The van der Waals surface area contributed by atoms with Crippen molar-refractivity contribution in [2.24, 2.45) is 5.73 Å². The van der Waals surface area contributed by atoms with Gasteiger partial charge in [-0.05, 0) is 51.4 Å². The van der Waals surface area contributed by atoms with Crippen LogP contribution in [-0.2, 0) is 27.9 Å². The van der Waals surface area contributed by atoms with Gasteiger partial charge in [-0.15, -0.1) is 0 Å². The lowest BCUT2D eigenvalue weighted by Crippen LogP contribution is -2.28. The molecule has 274 valence electrons. The van der Waals surface area contributed by atoms with Crippen molar-refractivity contribution in [1.82, 2.24) is 0 Å². The lowest BCUT2D eigenvalue weighted by Gasteiger charge is -2.20. The van der Waals surface area contributed by atoms with Crippen molar-refractivity contribution in [1.29, 1.82) is 0 Å². The first kappa shape index (κ1) is 45.5. The molecule has 9 heteroatoms. The first-order chi connectivity index (χ1) is 22.9. The van der Waals surface area contributed by atoms with Crippen molar-refractivity contribution < 1.29 is 32.8 Å². The van der Waals surface area contributed by atoms with E-state index >= 15 is 0 Å². The summed E-state index contributed by atoms with van der Waals surface area (Å²) in [7, 11) is -4.27. The number of phosphoric acid groups is 1. The summed E-state index contributed by atoms with van der Waals surface area (Å²) in [5, 5.41) is 0. The fourth-order valence-electron chi connectivity index (χ4n) is 4.81. The molecule has 0 aliphatic heterocycles. The molecule has 0 aromatic carbocycles. The number of esters is 1. The van der Waals surface area contributed by atoms with Crippen LogP contribution >= 0.6 is 7.82 Å². The summed E-state index contributed by atoms with van der Waals surface area (Å²) in [5.74, 6) is -0.342. The normalized spacial score (nSPS) is 14.2. The van der Waals surface area contributed by atoms with Crippen LogP contribution in [0.3, 0.4) is 0 Å². The van der Waals surface area contributed by atoms with Gasteiger partial charge in [-0.3, -0.25) is 13.8 Å². The SMILES string of the molecule is CC/C=C\C/C=C\C/C=C\C/C=C\CCCCCCCOCC(COP(=O)(O)OCCN)OC(=O)CCCCCCCCCCCC. The minimum absolute atomic E-state index is 0.0960. The molecule has 0 aromatic heterocycles. The first-order valence-electron chi connectivity index (χ1n) is 18.6. The van der Waals surface area contributed by atoms with E-state index in [9.17, 15) is 14.3 Å². The molecule has 0 radical (unpaired) electrons. The van der Waals surface area contributed by atoms with Crippen molar-refractivity contribution in [3.63, 3.8) is 0 Å². The molecule has 0 aliphatic rings. The Morgan fingerprint density at radius 1 is 0.660 bits per heavy atom. The van der Waals surface area contributed by atoms with Gasteiger partial charge in [0.1, 0.15) is 6.10 Å². The Labute approximate surface area is 288 Å². The second-order valence-corrected chi connectivity index (χ2v) is 13.5. The molecule has 0 bridgehead atoms. The van der Waals surface area contributed by atoms with Crippen LogP contribution in [0.25, 0.3) is 0 Å². The van der Waals surface area contributed by atoms with Gasteiger partial charge < -0.3 is 20.1 Å². The fraction of sp³-hybridized carbons (Fsp3) is 0.763. The minimum Gasteiger partial charge on any atom is -0.457 e. The molecule has 47 heavy (non-hydrogen) atoms. The van der Waals surface area contributed by atoms with Gasteiger partial charge in [0, 0.05) is 19.6 Å². The number of rotatable bonds is 35. The van der Waals surface area contributed by atoms with Crippen LogP contribution in [0.15, 0.2) is 48.6 Å². The van der Waals surface area contributed by atoms with Crippen LogP contribution in [0.2, 0.25) is 0 Å². The second-order valence-electron chi connectivity index (χ2n) is 12.1. The minimum atomic E-state index is -4.27. The van der Waals surface area contributed by atoms with E-state index in [-0.39, 0.29) is 32.3 Å². The third-order valence-corrected chi connectivity index (χ3v) is 8.49. The molecular formula is C38H70NO7P. The highest BCUT2D eigenvalue weighted by Crippen LogP contribution is 2.43. The highest BCUT2D eigenvalue weighted by atomic mass is 31.2. The summed E-state index contributed by atoms with van der Waals surface area (Å²) >= 11 is 0. The van der Waals surface area contributed by atoms with E-state index in [4.69, 9.17) is 24.3 Å². The van der Waals surface area contributed by atoms with Gasteiger partial charge in [0.05, 0.1) is 19.8 Å². The number of ether oxygens (including phenoxy) is 2. The van der Waals surface area contributed by atoms with Crippen molar-refractivity contribution in [2.45, 2.75) is 155 Å². The summed E-state index contributed by atoms with van der Waals surface area (Å²) in [6.07, 6.45) is 39.8. The van der Waals surface area contributed by atoms with Gasteiger partial charge >= 0.3 is 13.8 Å². The van der Waals surface area contributed by atoms with E-state index in [1.165, 1.54) is 57.8 Å². The van der Waals surface area contributed by atoms with Gasteiger partial charge in [-0.2, -0.15) is 0 Å². The van der Waals surface area contributed by atoms with Gasteiger partial charge in [-0.25, -0.2) is 4.57 Å². The smallest absolute Gasteiger partial charge is 0.457 e. The summed E-state index contributed by atoms with van der Waals surface area (Å²) in [6.45, 7) is 4.73. The summed E-state index contributed by atoms with van der Waals surface area (Å²) in [5.41, 5.74) is 5.34. The number of unbranched alkanes of at least 4 members (excludes halogenated alkanes) is 14. The van der Waals surface area contributed by atoms with Crippen LogP contribution in [0, 0.1) is 0 Å². The second kappa shape index (κ2) is 35.8. The summed E-state index contributed by atoms with van der Waals surface area (Å²) < 4.78 is 33.2. The summed E-state index contributed by atoms with van der Waals surface area (Å²) in [4.78, 5) is 22.3. The Balaban J connectivity index is 4.11. The van der Waals surface area contributed by atoms with Gasteiger partial charge in [-0.1, -0.05) is 140 Å². The van der Waals surface area contributed by atoms with E-state index < -0.39 is 13.9 Å². The maximum atomic E-state index is 12.5. The third-order valence-electron chi connectivity index (χ3n) is 7.51. The third kappa shape index (κ3) is 35.6. The Morgan fingerprint density at radius 3 is 1.79 bits per heavy atom. The fourth-order valence-corrected chi connectivity index (χ4v) is 5.57. The zero-order valence-electron chi connectivity index (χ0n) is 30.0. The standard InChI is InChI=1S/C38H70NO7P/c1-3-5-7-9-11-13-15-16-17-18-19-20-21-22-24-26-28-30-33-43-35-37(36-45-47(41,42)44-34-32-39)46-38(40)31-29-27-25-23-14-12-10-8-6-4-2/h5,7,11,13,16-17,19-20,37H,3-4,6,8-10,12,14-15,18,21-36,39H2,1-2H3,(H,41,42)/b7-5-,13-11-,17-16-,20-19-. The molecule has 0 heterocycles. The number of nitrogens with two attached hydrogens (primary N) is 1. The van der Waals surface area contributed by atoms with Gasteiger partial charge in [0.25, 0.3) is 0 Å². The zero-order valence-corrected chi connectivity index (χ0v) is 30.9. The molecule has 0 aromatic rings. The van der Waals surface area contributed by atoms with E-state index in [0.717, 1.165) is 70.6 Å².